The second-order valence-electron chi connectivity index (χ2n) is 6.41. The lowest BCUT2D eigenvalue weighted by molar-refractivity contribution is -0.146. The van der Waals surface area contributed by atoms with Gasteiger partial charge in [0.15, 0.2) is 0 Å². The Morgan fingerprint density at radius 2 is 1.83 bits per heavy atom. The third-order valence-electron chi connectivity index (χ3n) is 5.34. The fourth-order valence-electron chi connectivity index (χ4n) is 4.08. The molecule has 0 radical (unpaired) electrons. The Labute approximate surface area is 120 Å². The van der Waals surface area contributed by atoms with E-state index in [1.165, 1.54) is 19.3 Å². The molecule has 0 saturated heterocycles. The summed E-state index contributed by atoms with van der Waals surface area (Å²) in [6.45, 7) is 9.24. The predicted molar refractivity (Wildman–Crippen MR) is 78.2 cm³/mol. The van der Waals surface area contributed by atoms with Gasteiger partial charge in [-0.2, -0.15) is 0 Å². The highest BCUT2D eigenvalue weighted by atomic mass is 79.9. The monoisotopic (exact) mass is 318 g/mol. The Morgan fingerprint density at radius 1 is 1.11 bits per heavy atom. The Morgan fingerprint density at radius 3 is 2.39 bits per heavy atom. The molecule has 0 aliphatic heterocycles. The predicted octanol–water partition coefficient (Wildman–Crippen LogP) is 4.02. The Bertz CT molecular complexity index is 280. The molecule has 0 amide bonds. The maximum atomic E-state index is 6.36. The molecule has 0 aromatic rings. The Hall–Kier alpha value is 0.400. The Balaban J connectivity index is 1.94. The minimum atomic E-state index is 0.0332. The first kappa shape index (κ1) is 14.8. The van der Waals surface area contributed by atoms with Gasteiger partial charge in [0.2, 0.25) is 0 Å². The fourth-order valence-corrected chi connectivity index (χ4v) is 5.43. The summed E-state index contributed by atoms with van der Waals surface area (Å²) in [5, 5.41) is 0.960. The van der Waals surface area contributed by atoms with Gasteiger partial charge in [0.1, 0.15) is 0 Å². The van der Waals surface area contributed by atoms with E-state index in [1.54, 1.807) is 0 Å². The quantitative estimate of drug-likeness (QED) is 0.521. The number of hydrogen-bond donors (Lipinski definition) is 0. The zero-order valence-corrected chi connectivity index (χ0v) is 13.6. The van der Waals surface area contributed by atoms with Crippen LogP contribution in [-0.4, -0.2) is 30.8 Å². The third kappa shape index (κ3) is 2.27. The number of halogens is 1. The lowest BCUT2D eigenvalue weighted by Crippen LogP contribution is -2.53. The number of hydrogen-bond acceptors (Lipinski definition) is 2. The molecule has 18 heavy (non-hydrogen) atoms. The van der Waals surface area contributed by atoms with Crippen molar-refractivity contribution in [1.82, 2.24) is 0 Å². The van der Waals surface area contributed by atoms with Gasteiger partial charge >= 0.3 is 0 Å². The van der Waals surface area contributed by atoms with Gasteiger partial charge < -0.3 is 9.47 Å². The van der Waals surface area contributed by atoms with Crippen molar-refractivity contribution in [3.05, 3.63) is 0 Å². The van der Waals surface area contributed by atoms with E-state index in [9.17, 15) is 0 Å². The molecule has 0 aromatic carbocycles. The van der Waals surface area contributed by atoms with E-state index >= 15 is 0 Å². The van der Waals surface area contributed by atoms with Gasteiger partial charge in [-0.1, -0.05) is 36.7 Å². The van der Waals surface area contributed by atoms with E-state index in [0.717, 1.165) is 43.4 Å². The Kier molecular flexibility index (Phi) is 4.77. The van der Waals surface area contributed by atoms with Crippen LogP contribution in [0.3, 0.4) is 0 Å². The molecular formula is C15H27BrO2. The molecule has 3 unspecified atom stereocenters. The van der Waals surface area contributed by atoms with E-state index in [2.05, 4.69) is 36.7 Å². The second kappa shape index (κ2) is 5.80. The number of fused-ring (bicyclic) bond motifs is 2. The summed E-state index contributed by atoms with van der Waals surface area (Å²) < 4.78 is 11.9. The van der Waals surface area contributed by atoms with Crippen LogP contribution in [0.1, 0.15) is 46.5 Å². The zero-order chi connectivity index (χ0) is 13.2. The van der Waals surface area contributed by atoms with Crippen molar-refractivity contribution in [2.75, 3.05) is 25.2 Å². The van der Waals surface area contributed by atoms with Gasteiger partial charge in [-0.25, -0.2) is 0 Å². The highest BCUT2D eigenvalue weighted by molar-refractivity contribution is 9.09. The lowest BCUT2D eigenvalue weighted by atomic mass is 9.66. The molecule has 0 aromatic heterocycles. The topological polar surface area (TPSA) is 18.5 Å². The molecule has 0 spiro atoms. The van der Waals surface area contributed by atoms with Crippen LogP contribution >= 0.6 is 15.9 Å². The summed E-state index contributed by atoms with van der Waals surface area (Å²) >= 11 is 3.73. The van der Waals surface area contributed by atoms with Crippen LogP contribution < -0.4 is 0 Å². The number of ether oxygens (including phenoxy) is 2. The smallest absolute Gasteiger partial charge is 0.0861 e. The van der Waals surface area contributed by atoms with E-state index < -0.39 is 0 Å². The second-order valence-corrected chi connectivity index (χ2v) is 6.97. The van der Waals surface area contributed by atoms with Crippen LogP contribution in [0.15, 0.2) is 0 Å². The molecule has 2 nitrogen and oxygen atoms in total. The summed E-state index contributed by atoms with van der Waals surface area (Å²) in [6.07, 6.45) is 5.17. The van der Waals surface area contributed by atoms with Crippen molar-refractivity contribution in [2.24, 2.45) is 17.3 Å². The highest BCUT2D eigenvalue weighted by Gasteiger charge is 2.63. The van der Waals surface area contributed by atoms with Crippen LogP contribution in [0.4, 0.5) is 0 Å². The average molecular weight is 319 g/mol. The van der Waals surface area contributed by atoms with Crippen molar-refractivity contribution < 1.29 is 9.47 Å². The lowest BCUT2D eigenvalue weighted by Gasteiger charge is -2.48. The molecule has 2 saturated carbocycles. The summed E-state index contributed by atoms with van der Waals surface area (Å²) in [5.74, 6) is 1.58. The summed E-state index contributed by atoms with van der Waals surface area (Å²) in [4.78, 5) is 0. The summed E-state index contributed by atoms with van der Waals surface area (Å²) in [6, 6.07) is 0. The van der Waals surface area contributed by atoms with Crippen LogP contribution in [0.5, 0.6) is 0 Å². The molecule has 2 aliphatic rings. The molecule has 2 bridgehead atoms. The zero-order valence-electron chi connectivity index (χ0n) is 12.0. The minimum Gasteiger partial charge on any atom is -0.379 e. The van der Waals surface area contributed by atoms with E-state index in [-0.39, 0.29) is 5.60 Å². The van der Waals surface area contributed by atoms with Gasteiger partial charge in [0, 0.05) is 11.9 Å². The molecule has 3 heteroatoms. The van der Waals surface area contributed by atoms with Crippen molar-refractivity contribution in [3.63, 3.8) is 0 Å². The SMILES string of the molecule is CCCOCCOC1(CBr)C2CCC(C2)C1(C)C. The van der Waals surface area contributed by atoms with Gasteiger partial charge in [-0.15, -0.1) is 0 Å². The first-order chi connectivity index (χ1) is 8.58. The van der Waals surface area contributed by atoms with Crippen LogP contribution in [-0.2, 0) is 9.47 Å². The summed E-state index contributed by atoms with van der Waals surface area (Å²) in [5.41, 5.74) is 0.329. The van der Waals surface area contributed by atoms with Crippen LogP contribution in [0.2, 0.25) is 0 Å². The molecule has 2 rings (SSSR count). The van der Waals surface area contributed by atoms with Gasteiger partial charge in [0.05, 0.1) is 18.8 Å². The van der Waals surface area contributed by atoms with Crippen LogP contribution in [0.25, 0.3) is 0 Å². The number of alkyl halides is 1. The average Bonchev–Trinajstić information content (AvgIpc) is 2.90. The largest absolute Gasteiger partial charge is 0.379 e. The third-order valence-corrected chi connectivity index (χ3v) is 6.17. The molecule has 0 heterocycles. The van der Waals surface area contributed by atoms with E-state index in [1.807, 2.05) is 0 Å². The summed E-state index contributed by atoms with van der Waals surface area (Å²) in [7, 11) is 0. The maximum Gasteiger partial charge on any atom is 0.0861 e. The first-order valence-electron chi connectivity index (χ1n) is 7.36. The minimum absolute atomic E-state index is 0.0332. The highest BCUT2D eigenvalue weighted by Crippen LogP contribution is 2.63. The van der Waals surface area contributed by atoms with Crippen molar-refractivity contribution in [1.29, 1.82) is 0 Å². The van der Waals surface area contributed by atoms with Crippen molar-refractivity contribution >= 4 is 15.9 Å². The van der Waals surface area contributed by atoms with E-state index in [4.69, 9.17) is 9.47 Å². The molecule has 2 fully saturated rings. The van der Waals surface area contributed by atoms with Crippen molar-refractivity contribution in [3.8, 4) is 0 Å². The fraction of sp³-hybridized carbons (Fsp3) is 1.00. The normalized spacial score (nSPS) is 37.3. The number of rotatable bonds is 7. The van der Waals surface area contributed by atoms with Gasteiger partial charge in [0.25, 0.3) is 0 Å². The molecule has 3 atom stereocenters. The standard InChI is InChI=1S/C15H27BrO2/c1-4-7-17-8-9-18-15(11-16)13-6-5-12(10-13)14(15,2)3/h12-13H,4-11H2,1-3H3. The van der Waals surface area contributed by atoms with E-state index in [0.29, 0.717) is 5.41 Å². The molecule has 106 valence electrons. The van der Waals surface area contributed by atoms with Crippen molar-refractivity contribution in [2.45, 2.75) is 52.1 Å². The first-order valence-corrected chi connectivity index (χ1v) is 8.48. The molecular weight excluding hydrogens is 292 g/mol. The van der Waals surface area contributed by atoms with Crippen LogP contribution in [0, 0.1) is 17.3 Å². The maximum absolute atomic E-state index is 6.36. The van der Waals surface area contributed by atoms with Gasteiger partial charge in [-0.05, 0) is 42.9 Å². The molecule has 0 N–H and O–H groups in total. The molecule has 2 aliphatic carbocycles. The van der Waals surface area contributed by atoms with Gasteiger partial charge in [-0.3, -0.25) is 0 Å².